The fourth-order valence-corrected chi connectivity index (χ4v) is 4.26. The molecule has 0 saturated heterocycles. The lowest BCUT2D eigenvalue weighted by Gasteiger charge is -2.18. The third-order valence-corrected chi connectivity index (χ3v) is 5.63. The van der Waals surface area contributed by atoms with Crippen molar-refractivity contribution in [2.45, 2.75) is 20.0 Å². The Kier molecular flexibility index (Phi) is 4.29. The van der Waals surface area contributed by atoms with Crippen molar-refractivity contribution in [2.24, 2.45) is 0 Å². The molecule has 31 heavy (non-hydrogen) atoms. The highest BCUT2D eigenvalue weighted by atomic mass is 16.2. The molecule has 0 N–H and O–H groups in total. The number of imide groups is 2. The van der Waals surface area contributed by atoms with E-state index in [9.17, 15) is 19.2 Å². The molecule has 152 valence electrons. The maximum Gasteiger partial charge on any atom is 0.261 e. The number of hydrogen-bond donors (Lipinski definition) is 0. The Balaban J connectivity index is 1.40. The lowest BCUT2D eigenvalue weighted by molar-refractivity contribution is 0.0630. The van der Waals surface area contributed by atoms with E-state index in [0.29, 0.717) is 22.3 Å². The summed E-state index contributed by atoms with van der Waals surface area (Å²) >= 11 is 0. The molecule has 6 heteroatoms. The van der Waals surface area contributed by atoms with Crippen molar-refractivity contribution in [2.75, 3.05) is 0 Å². The zero-order valence-corrected chi connectivity index (χ0v) is 16.8. The van der Waals surface area contributed by atoms with Crippen LogP contribution in [0.25, 0.3) is 0 Å². The van der Waals surface area contributed by atoms with Gasteiger partial charge in [0.05, 0.1) is 35.3 Å². The topological polar surface area (TPSA) is 74.8 Å². The second-order valence-corrected chi connectivity index (χ2v) is 7.81. The van der Waals surface area contributed by atoms with Crippen LogP contribution in [-0.4, -0.2) is 33.4 Å². The van der Waals surface area contributed by atoms with Crippen LogP contribution >= 0.6 is 0 Å². The van der Waals surface area contributed by atoms with Crippen molar-refractivity contribution in [3.8, 4) is 0 Å². The number of benzene rings is 3. The number of rotatable bonds is 4. The molecule has 0 saturated carbocycles. The Morgan fingerprint density at radius 1 is 0.548 bits per heavy atom. The molecule has 5 rings (SSSR count). The minimum Gasteiger partial charge on any atom is -0.270 e. The molecular weight excluding hydrogens is 392 g/mol. The summed E-state index contributed by atoms with van der Waals surface area (Å²) in [4.78, 5) is 53.2. The van der Waals surface area contributed by atoms with Gasteiger partial charge < -0.3 is 0 Å². The van der Waals surface area contributed by atoms with Gasteiger partial charge in [0.15, 0.2) is 0 Å². The van der Waals surface area contributed by atoms with Crippen LogP contribution in [-0.2, 0) is 13.1 Å². The summed E-state index contributed by atoms with van der Waals surface area (Å²) in [7, 11) is 0. The largest absolute Gasteiger partial charge is 0.270 e. The fraction of sp³-hybridized carbons (Fsp3) is 0.120. The molecule has 0 radical (unpaired) electrons. The van der Waals surface area contributed by atoms with Gasteiger partial charge in [0.25, 0.3) is 23.6 Å². The lowest BCUT2D eigenvalue weighted by atomic mass is 10.1. The number of carbonyl (C=O) groups is 4. The third kappa shape index (κ3) is 3.04. The molecule has 0 atom stereocenters. The maximum absolute atomic E-state index is 12.7. The first kappa shape index (κ1) is 18.9. The van der Waals surface area contributed by atoms with Crippen LogP contribution in [0.5, 0.6) is 0 Å². The Bertz CT molecular complexity index is 1130. The summed E-state index contributed by atoms with van der Waals surface area (Å²) in [5, 5.41) is 0. The van der Waals surface area contributed by atoms with Crippen molar-refractivity contribution in [1.82, 2.24) is 9.80 Å². The summed E-state index contributed by atoms with van der Waals surface area (Å²) in [6.07, 6.45) is 0. The van der Waals surface area contributed by atoms with Gasteiger partial charge in [-0.1, -0.05) is 48.0 Å². The second kappa shape index (κ2) is 7.02. The van der Waals surface area contributed by atoms with E-state index in [-0.39, 0.29) is 36.7 Å². The first-order chi connectivity index (χ1) is 14.9. The number of fused-ring (bicyclic) bond motifs is 2. The number of nitrogens with zero attached hydrogens (tertiary/aromatic N) is 2. The molecule has 0 spiro atoms. The van der Waals surface area contributed by atoms with Crippen LogP contribution in [0.1, 0.15) is 58.1 Å². The zero-order chi connectivity index (χ0) is 21.7. The van der Waals surface area contributed by atoms with E-state index in [1.165, 1.54) is 9.80 Å². The summed E-state index contributed by atoms with van der Waals surface area (Å²) < 4.78 is 0. The van der Waals surface area contributed by atoms with Gasteiger partial charge in [-0.15, -0.1) is 0 Å². The van der Waals surface area contributed by atoms with E-state index < -0.39 is 0 Å². The predicted octanol–water partition coefficient (Wildman–Crippen LogP) is 3.59. The summed E-state index contributed by atoms with van der Waals surface area (Å²) in [5.41, 5.74) is 4.08. The quantitative estimate of drug-likeness (QED) is 0.616. The van der Waals surface area contributed by atoms with Gasteiger partial charge >= 0.3 is 0 Å². The molecule has 6 nitrogen and oxygen atoms in total. The van der Waals surface area contributed by atoms with E-state index in [1.54, 1.807) is 48.5 Å². The maximum atomic E-state index is 12.7. The highest BCUT2D eigenvalue weighted by molar-refractivity contribution is 6.22. The van der Waals surface area contributed by atoms with Gasteiger partial charge in [0.2, 0.25) is 0 Å². The first-order valence-corrected chi connectivity index (χ1v) is 9.94. The van der Waals surface area contributed by atoms with Crippen LogP contribution in [0, 0.1) is 6.92 Å². The molecule has 2 heterocycles. The van der Waals surface area contributed by atoms with Crippen molar-refractivity contribution in [1.29, 1.82) is 0 Å². The Morgan fingerprint density at radius 2 is 0.871 bits per heavy atom. The Morgan fingerprint density at radius 3 is 1.19 bits per heavy atom. The highest BCUT2D eigenvalue weighted by Gasteiger charge is 2.36. The monoisotopic (exact) mass is 410 g/mol. The Hall–Kier alpha value is -4.06. The molecule has 2 aliphatic heterocycles. The minimum absolute atomic E-state index is 0.128. The van der Waals surface area contributed by atoms with Crippen LogP contribution in [0.3, 0.4) is 0 Å². The fourth-order valence-electron chi connectivity index (χ4n) is 4.26. The van der Waals surface area contributed by atoms with E-state index in [2.05, 4.69) is 0 Å². The molecule has 3 aromatic rings. The molecule has 3 aromatic carbocycles. The van der Waals surface area contributed by atoms with E-state index >= 15 is 0 Å². The molecule has 4 amide bonds. The molecular formula is C25H18N2O4. The molecule has 0 bridgehead atoms. The lowest BCUT2D eigenvalue weighted by Crippen LogP contribution is -2.30. The van der Waals surface area contributed by atoms with E-state index in [0.717, 1.165) is 16.7 Å². The molecule has 0 aromatic heterocycles. The first-order valence-electron chi connectivity index (χ1n) is 9.94. The van der Waals surface area contributed by atoms with Crippen molar-refractivity contribution in [3.63, 3.8) is 0 Å². The van der Waals surface area contributed by atoms with Gasteiger partial charge in [-0.2, -0.15) is 0 Å². The van der Waals surface area contributed by atoms with Gasteiger partial charge in [0.1, 0.15) is 0 Å². The van der Waals surface area contributed by atoms with Crippen molar-refractivity contribution in [3.05, 3.63) is 106 Å². The average molecular weight is 410 g/mol. The van der Waals surface area contributed by atoms with Gasteiger partial charge in [0, 0.05) is 0 Å². The smallest absolute Gasteiger partial charge is 0.261 e. The van der Waals surface area contributed by atoms with E-state index in [1.807, 2.05) is 25.1 Å². The molecule has 0 unspecified atom stereocenters. The second-order valence-electron chi connectivity index (χ2n) is 7.81. The summed E-state index contributed by atoms with van der Waals surface area (Å²) in [6, 6.07) is 19.2. The van der Waals surface area contributed by atoms with Crippen LogP contribution in [0.4, 0.5) is 0 Å². The SMILES string of the molecule is Cc1cc(CN2C(=O)c3ccccc3C2=O)cc(CN2C(=O)c3ccccc3C2=O)c1. The minimum atomic E-state index is -0.316. The Labute approximate surface area is 178 Å². The molecule has 0 aliphatic carbocycles. The predicted molar refractivity (Wildman–Crippen MR) is 112 cm³/mol. The number of amides is 4. The van der Waals surface area contributed by atoms with Crippen molar-refractivity contribution >= 4 is 23.6 Å². The highest BCUT2D eigenvalue weighted by Crippen LogP contribution is 2.27. The average Bonchev–Trinajstić information content (AvgIpc) is 3.15. The van der Waals surface area contributed by atoms with Crippen LogP contribution in [0.15, 0.2) is 66.7 Å². The van der Waals surface area contributed by atoms with Crippen molar-refractivity contribution < 1.29 is 19.2 Å². The van der Waals surface area contributed by atoms with Crippen LogP contribution < -0.4 is 0 Å². The van der Waals surface area contributed by atoms with Gasteiger partial charge in [-0.3, -0.25) is 29.0 Å². The number of hydrogen-bond acceptors (Lipinski definition) is 4. The molecule has 2 aliphatic rings. The zero-order valence-electron chi connectivity index (χ0n) is 16.8. The standard InChI is InChI=1S/C25H18N2O4/c1-15-10-16(13-26-22(28)18-6-2-3-7-19(18)23(26)29)12-17(11-15)14-27-24(30)20-8-4-5-9-21(20)25(27)31/h2-12H,13-14H2,1H3. The normalized spacial score (nSPS) is 15.0. The summed E-state index contributed by atoms with van der Waals surface area (Å²) in [6.45, 7) is 2.16. The van der Waals surface area contributed by atoms with E-state index in [4.69, 9.17) is 0 Å². The van der Waals surface area contributed by atoms with Gasteiger partial charge in [-0.05, 0) is 42.3 Å². The number of aryl methyl sites for hydroxylation is 1. The number of carbonyl (C=O) groups excluding carboxylic acids is 4. The van der Waals surface area contributed by atoms with Crippen LogP contribution in [0.2, 0.25) is 0 Å². The molecule has 0 fully saturated rings. The third-order valence-electron chi connectivity index (χ3n) is 5.63. The summed E-state index contributed by atoms with van der Waals surface area (Å²) in [5.74, 6) is -1.26. The van der Waals surface area contributed by atoms with Gasteiger partial charge in [-0.25, -0.2) is 0 Å².